The molecule has 0 saturated carbocycles. The van der Waals surface area contributed by atoms with E-state index in [4.69, 9.17) is 11.6 Å². The fourth-order valence-corrected chi connectivity index (χ4v) is 2.03. The molecule has 0 fully saturated rings. The van der Waals surface area contributed by atoms with Crippen molar-refractivity contribution in [1.82, 2.24) is 0 Å². The van der Waals surface area contributed by atoms with Gasteiger partial charge in [-0.1, -0.05) is 17.7 Å². The van der Waals surface area contributed by atoms with Crippen LogP contribution in [0.15, 0.2) is 12.1 Å². The minimum absolute atomic E-state index is 0.377. The van der Waals surface area contributed by atoms with Crippen LogP contribution in [-0.2, 0) is 0 Å². The average molecular weight is 230 g/mol. The molecule has 0 spiro atoms. The predicted molar refractivity (Wildman–Crippen MR) is 57.7 cm³/mol. The van der Waals surface area contributed by atoms with E-state index in [-0.39, 0.29) is 0 Å². The van der Waals surface area contributed by atoms with Crippen molar-refractivity contribution in [3.63, 3.8) is 0 Å². The summed E-state index contributed by atoms with van der Waals surface area (Å²) in [6.45, 7) is 3.13. The highest BCUT2D eigenvalue weighted by Crippen LogP contribution is 2.27. The zero-order valence-electron chi connectivity index (χ0n) is 8.53. The highest BCUT2D eigenvalue weighted by Gasteiger charge is 2.19. The molecule has 0 aliphatic rings. The second-order valence-electron chi connectivity index (χ2n) is 3.51. The summed E-state index contributed by atoms with van der Waals surface area (Å²) in [4.78, 5) is 9.72. The van der Waals surface area contributed by atoms with Crippen molar-refractivity contribution in [3.8, 4) is 0 Å². The Morgan fingerprint density at radius 3 is 2.60 bits per heavy atom. The lowest BCUT2D eigenvalue weighted by Gasteiger charge is -2.12. The number of nitro groups is 1. The lowest BCUT2D eigenvalue weighted by atomic mass is 10.0. The van der Waals surface area contributed by atoms with E-state index in [1.807, 2.05) is 13.0 Å². The monoisotopic (exact) mass is 229 g/mol. The van der Waals surface area contributed by atoms with E-state index >= 15 is 0 Å². The molecule has 1 aromatic rings. The number of rotatable bonds is 3. The van der Waals surface area contributed by atoms with Crippen LogP contribution in [0.2, 0.25) is 5.02 Å². The van der Waals surface area contributed by atoms with Gasteiger partial charge in [0.1, 0.15) is 6.10 Å². The van der Waals surface area contributed by atoms with Gasteiger partial charge in [0.25, 0.3) is 0 Å². The van der Waals surface area contributed by atoms with Crippen LogP contribution in [0, 0.1) is 24.0 Å². The third-order valence-corrected chi connectivity index (χ3v) is 2.45. The van der Waals surface area contributed by atoms with Gasteiger partial charge in [-0.2, -0.15) is 0 Å². The van der Waals surface area contributed by atoms with E-state index in [0.29, 0.717) is 10.6 Å². The van der Waals surface area contributed by atoms with Gasteiger partial charge in [0.15, 0.2) is 0 Å². The molecular formula is C10H12ClNO3. The number of aryl methyl sites for hydroxylation is 2. The summed E-state index contributed by atoms with van der Waals surface area (Å²) in [5.41, 5.74) is 2.18. The molecule has 0 heterocycles. The standard InChI is InChI=1S/C10H12ClNO3/c1-6-3-7(2)10(8(11)4-6)9(13)5-12(14)15/h3-4,9,13H,5H2,1-2H3. The van der Waals surface area contributed by atoms with E-state index in [0.717, 1.165) is 11.1 Å². The molecule has 1 aromatic carbocycles. The molecule has 82 valence electrons. The van der Waals surface area contributed by atoms with Gasteiger partial charge in [-0.05, 0) is 31.0 Å². The van der Waals surface area contributed by atoms with Crippen molar-refractivity contribution >= 4 is 11.6 Å². The van der Waals surface area contributed by atoms with Gasteiger partial charge < -0.3 is 5.11 Å². The lowest BCUT2D eigenvalue weighted by Crippen LogP contribution is -2.13. The molecule has 0 bridgehead atoms. The van der Waals surface area contributed by atoms with Crippen LogP contribution in [0.3, 0.4) is 0 Å². The largest absolute Gasteiger partial charge is 0.381 e. The molecule has 1 rings (SSSR count). The van der Waals surface area contributed by atoms with Crippen molar-refractivity contribution < 1.29 is 10.0 Å². The number of hydrogen-bond acceptors (Lipinski definition) is 3. The van der Waals surface area contributed by atoms with Crippen molar-refractivity contribution in [1.29, 1.82) is 0 Å². The van der Waals surface area contributed by atoms with Crippen LogP contribution in [0.5, 0.6) is 0 Å². The molecule has 15 heavy (non-hydrogen) atoms. The molecule has 1 atom stereocenters. The van der Waals surface area contributed by atoms with Gasteiger partial charge in [-0.25, -0.2) is 0 Å². The number of benzene rings is 1. The second kappa shape index (κ2) is 4.59. The zero-order valence-corrected chi connectivity index (χ0v) is 9.28. The van der Waals surface area contributed by atoms with Crippen molar-refractivity contribution in [3.05, 3.63) is 44.0 Å². The smallest absolute Gasteiger partial charge is 0.233 e. The second-order valence-corrected chi connectivity index (χ2v) is 3.92. The fraction of sp³-hybridized carbons (Fsp3) is 0.400. The first-order valence-corrected chi connectivity index (χ1v) is 4.86. The normalized spacial score (nSPS) is 12.5. The number of nitrogens with zero attached hydrogens (tertiary/aromatic N) is 1. The summed E-state index contributed by atoms with van der Waals surface area (Å²) >= 11 is 5.93. The summed E-state index contributed by atoms with van der Waals surface area (Å²) in [6.07, 6.45) is -1.15. The first kappa shape index (κ1) is 11.9. The Kier molecular flexibility index (Phi) is 3.66. The molecule has 0 amide bonds. The number of halogens is 1. The van der Waals surface area contributed by atoms with Gasteiger partial charge in [0.05, 0.1) is 0 Å². The van der Waals surface area contributed by atoms with Crippen LogP contribution in [0.25, 0.3) is 0 Å². The first-order valence-electron chi connectivity index (χ1n) is 4.48. The SMILES string of the molecule is Cc1cc(C)c(C(O)C[N+](=O)[O-])c(Cl)c1. The zero-order chi connectivity index (χ0) is 11.6. The van der Waals surface area contributed by atoms with Crippen LogP contribution in [0.1, 0.15) is 22.8 Å². The number of hydrogen-bond donors (Lipinski definition) is 1. The Morgan fingerprint density at radius 1 is 1.53 bits per heavy atom. The van der Waals surface area contributed by atoms with Crippen molar-refractivity contribution in [2.75, 3.05) is 6.54 Å². The van der Waals surface area contributed by atoms with Crippen LogP contribution >= 0.6 is 11.6 Å². The lowest BCUT2D eigenvalue weighted by molar-refractivity contribution is -0.491. The summed E-state index contributed by atoms with van der Waals surface area (Å²) < 4.78 is 0. The Morgan fingerprint density at radius 2 is 2.13 bits per heavy atom. The third-order valence-electron chi connectivity index (χ3n) is 2.14. The topological polar surface area (TPSA) is 63.4 Å². The highest BCUT2D eigenvalue weighted by molar-refractivity contribution is 6.31. The Labute approximate surface area is 92.6 Å². The number of aliphatic hydroxyl groups excluding tert-OH is 1. The average Bonchev–Trinajstić information content (AvgIpc) is 1.99. The fourth-order valence-electron chi connectivity index (χ4n) is 1.58. The van der Waals surface area contributed by atoms with E-state index < -0.39 is 17.6 Å². The molecule has 4 nitrogen and oxygen atoms in total. The molecule has 0 aliphatic heterocycles. The van der Waals surface area contributed by atoms with Gasteiger partial charge in [-0.15, -0.1) is 0 Å². The summed E-state index contributed by atoms with van der Waals surface area (Å²) in [6, 6.07) is 3.53. The molecule has 1 N–H and O–H groups in total. The quantitative estimate of drug-likeness (QED) is 0.639. The van der Waals surface area contributed by atoms with Crippen molar-refractivity contribution in [2.45, 2.75) is 20.0 Å². The Hall–Kier alpha value is -1.13. The molecule has 0 saturated heterocycles. The van der Waals surface area contributed by atoms with Gasteiger partial charge in [0, 0.05) is 15.5 Å². The van der Waals surface area contributed by atoms with Gasteiger partial charge in [-0.3, -0.25) is 10.1 Å². The maximum absolute atomic E-state index is 10.3. The predicted octanol–water partition coefficient (Wildman–Crippen LogP) is 2.27. The van der Waals surface area contributed by atoms with E-state index in [2.05, 4.69) is 0 Å². The van der Waals surface area contributed by atoms with Gasteiger partial charge >= 0.3 is 0 Å². The molecule has 1 unspecified atom stereocenters. The minimum Gasteiger partial charge on any atom is -0.381 e. The van der Waals surface area contributed by atoms with E-state index in [1.54, 1.807) is 13.0 Å². The molecule has 0 aromatic heterocycles. The third kappa shape index (κ3) is 2.91. The molecule has 0 radical (unpaired) electrons. The van der Waals surface area contributed by atoms with E-state index in [1.165, 1.54) is 0 Å². The van der Waals surface area contributed by atoms with Crippen molar-refractivity contribution in [2.24, 2.45) is 0 Å². The van der Waals surface area contributed by atoms with Crippen LogP contribution in [0.4, 0.5) is 0 Å². The molecular weight excluding hydrogens is 218 g/mol. The Balaban J connectivity index is 3.08. The Bertz CT molecular complexity index is 369. The number of aliphatic hydroxyl groups is 1. The minimum atomic E-state index is -1.15. The van der Waals surface area contributed by atoms with Gasteiger partial charge in [0.2, 0.25) is 6.54 Å². The van der Waals surface area contributed by atoms with Crippen LogP contribution < -0.4 is 0 Å². The summed E-state index contributed by atoms with van der Waals surface area (Å²) in [5.74, 6) is 0. The first-order chi connectivity index (χ1) is 6.91. The maximum Gasteiger partial charge on any atom is 0.233 e. The highest BCUT2D eigenvalue weighted by atomic mass is 35.5. The summed E-state index contributed by atoms with van der Waals surface area (Å²) in [5, 5.41) is 20.3. The maximum atomic E-state index is 10.3. The van der Waals surface area contributed by atoms with E-state index in [9.17, 15) is 15.2 Å². The molecule has 5 heteroatoms. The summed E-state index contributed by atoms with van der Waals surface area (Å²) in [7, 11) is 0. The van der Waals surface area contributed by atoms with Crippen LogP contribution in [-0.4, -0.2) is 16.6 Å². The molecule has 0 aliphatic carbocycles.